The number of carbonyl (C=O) groups excluding carboxylic acids is 1. The molecule has 1 saturated heterocycles. The number of nitriles is 1. The topological polar surface area (TPSA) is 93.3 Å². The first-order chi connectivity index (χ1) is 16.2. The van der Waals surface area contributed by atoms with Crippen molar-refractivity contribution in [3.05, 3.63) is 75.7 Å². The molecule has 0 spiro atoms. The van der Waals surface area contributed by atoms with E-state index in [1.807, 2.05) is 44.4 Å². The maximum absolute atomic E-state index is 11.9. The Hall–Kier alpha value is -3.54. The van der Waals surface area contributed by atoms with Crippen molar-refractivity contribution in [2.45, 2.75) is 52.6 Å². The molecule has 0 saturated carbocycles. The number of pyridine rings is 1. The number of morpholine rings is 1. The summed E-state index contributed by atoms with van der Waals surface area (Å²) in [5.41, 5.74) is 5.98. The Morgan fingerprint density at radius 2 is 2.09 bits per heavy atom. The zero-order chi connectivity index (χ0) is 24.0. The van der Waals surface area contributed by atoms with Crippen LogP contribution in [0.3, 0.4) is 0 Å². The van der Waals surface area contributed by atoms with Crippen LogP contribution in [0.4, 0.5) is 0 Å². The number of carbonyl (C=O) groups is 1. The number of esters is 1. The number of cyclic esters (lactones) is 1. The second-order valence-corrected chi connectivity index (χ2v) is 9.68. The highest BCUT2D eigenvalue weighted by Gasteiger charge is 2.36. The summed E-state index contributed by atoms with van der Waals surface area (Å²) < 4.78 is 13.5. The van der Waals surface area contributed by atoms with Gasteiger partial charge in [-0.25, -0.2) is 14.5 Å². The largest absolute Gasteiger partial charge is 0.457 e. The molecule has 0 aliphatic carbocycles. The van der Waals surface area contributed by atoms with Gasteiger partial charge in [0.1, 0.15) is 12.7 Å². The van der Waals surface area contributed by atoms with Gasteiger partial charge in [-0.2, -0.15) is 10.4 Å². The smallest absolute Gasteiger partial charge is 0.338 e. The number of aryl methyl sites for hydroxylation is 1. The van der Waals surface area contributed by atoms with Crippen LogP contribution in [0.5, 0.6) is 0 Å². The average molecular weight is 458 g/mol. The lowest BCUT2D eigenvalue weighted by Crippen LogP contribution is -2.49. The van der Waals surface area contributed by atoms with Crippen LogP contribution in [-0.2, 0) is 22.6 Å². The van der Waals surface area contributed by atoms with Crippen LogP contribution in [0.15, 0.2) is 36.8 Å². The Balaban J connectivity index is 1.36. The fraction of sp³-hybridized carbons (Fsp3) is 0.385. The second kappa shape index (κ2) is 8.35. The van der Waals surface area contributed by atoms with Crippen molar-refractivity contribution < 1.29 is 14.3 Å². The van der Waals surface area contributed by atoms with Gasteiger partial charge in [-0.3, -0.25) is 4.90 Å². The average Bonchev–Trinajstić information content (AvgIpc) is 3.40. The van der Waals surface area contributed by atoms with Crippen LogP contribution in [0.25, 0.3) is 5.82 Å². The first kappa shape index (κ1) is 22.3. The molecule has 1 fully saturated rings. The standard InChI is InChI=1S/C26H27N5O3/c1-16-7-24(28-10-19(16)8-27)31-12-18(9-29-31)11-30-13-23(34-26(3,4)15-30)20-5-6-21-22(17(20)2)14-33-25(21)32/h5-7,9-10,12,23H,11,13-15H2,1-4H3. The van der Waals surface area contributed by atoms with Crippen LogP contribution in [-0.4, -0.2) is 44.3 Å². The molecule has 4 heterocycles. The van der Waals surface area contributed by atoms with Gasteiger partial charge in [0, 0.05) is 43.2 Å². The summed E-state index contributed by atoms with van der Waals surface area (Å²) in [5.74, 6) is 0.439. The van der Waals surface area contributed by atoms with Gasteiger partial charge in [0.15, 0.2) is 5.82 Å². The first-order valence-corrected chi connectivity index (χ1v) is 11.3. The van der Waals surface area contributed by atoms with Crippen molar-refractivity contribution in [3.8, 4) is 11.9 Å². The fourth-order valence-electron chi connectivity index (χ4n) is 4.90. The third kappa shape index (κ3) is 4.09. The maximum Gasteiger partial charge on any atom is 0.338 e. The normalized spacial score (nSPS) is 19.5. The summed E-state index contributed by atoms with van der Waals surface area (Å²) in [7, 11) is 0. The highest BCUT2D eigenvalue weighted by atomic mass is 16.5. The molecule has 1 unspecified atom stereocenters. The molecule has 2 aliphatic heterocycles. The Kier molecular flexibility index (Phi) is 5.47. The summed E-state index contributed by atoms with van der Waals surface area (Å²) in [6.45, 7) is 10.7. The van der Waals surface area contributed by atoms with Gasteiger partial charge in [-0.15, -0.1) is 0 Å². The Morgan fingerprint density at radius 3 is 2.85 bits per heavy atom. The molecule has 0 amide bonds. The van der Waals surface area contributed by atoms with Crippen LogP contribution in [0.2, 0.25) is 0 Å². The lowest BCUT2D eigenvalue weighted by molar-refractivity contribution is -0.140. The third-order valence-corrected chi connectivity index (χ3v) is 6.54. The summed E-state index contributed by atoms with van der Waals surface area (Å²) in [6.07, 6.45) is 5.31. The van der Waals surface area contributed by atoms with Crippen molar-refractivity contribution in [2.24, 2.45) is 0 Å². The van der Waals surface area contributed by atoms with E-state index in [0.717, 1.165) is 47.5 Å². The highest BCUT2D eigenvalue weighted by Crippen LogP contribution is 2.36. The van der Waals surface area contributed by atoms with Gasteiger partial charge in [0.05, 0.1) is 29.0 Å². The van der Waals surface area contributed by atoms with E-state index in [2.05, 4.69) is 34.9 Å². The zero-order valence-corrected chi connectivity index (χ0v) is 19.8. The number of hydrogen-bond donors (Lipinski definition) is 0. The molecule has 0 bridgehead atoms. The van der Waals surface area contributed by atoms with Crippen molar-refractivity contribution in [3.63, 3.8) is 0 Å². The lowest BCUT2D eigenvalue weighted by atomic mass is 9.93. The SMILES string of the molecule is Cc1cc(-n2cc(CN3CC(c4ccc5c(c4C)COC5=O)OC(C)(C)C3)cn2)ncc1C#N. The minimum atomic E-state index is -0.331. The summed E-state index contributed by atoms with van der Waals surface area (Å²) >= 11 is 0. The molecule has 5 rings (SSSR count). The van der Waals surface area contributed by atoms with Crippen LogP contribution < -0.4 is 0 Å². The molecular formula is C26H27N5O3. The minimum Gasteiger partial charge on any atom is -0.457 e. The second-order valence-electron chi connectivity index (χ2n) is 9.68. The highest BCUT2D eigenvalue weighted by molar-refractivity contribution is 5.93. The van der Waals surface area contributed by atoms with E-state index in [1.165, 1.54) is 0 Å². The molecule has 1 aromatic carbocycles. The molecule has 1 atom stereocenters. The molecule has 174 valence electrons. The molecular weight excluding hydrogens is 430 g/mol. The molecule has 0 N–H and O–H groups in total. The predicted molar refractivity (Wildman–Crippen MR) is 124 cm³/mol. The number of benzene rings is 1. The van der Waals surface area contributed by atoms with E-state index in [9.17, 15) is 4.79 Å². The van der Waals surface area contributed by atoms with Gasteiger partial charge in [-0.1, -0.05) is 6.07 Å². The first-order valence-electron chi connectivity index (χ1n) is 11.3. The van der Waals surface area contributed by atoms with E-state index in [0.29, 0.717) is 23.6 Å². The number of fused-ring (bicyclic) bond motifs is 1. The molecule has 8 nitrogen and oxygen atoms in total. The van der Waals surface area contributed by atoms with Gasteiger partial charge in [0.2, 0.25) is 0 Å². The molecule has 2 aliphatic rings. The number of rotatable bonds is 4. The van der Waals surface area contributed by atoms with Gasteiger partial charge in [0.25, 0.3) is 0 Å². The maximum atomic E-state index is 11.9. The number of nitrogens with zero attached hydrogens (tertiary/aromatic N) is 5. The van der Waals surface area contributed by atoms with Gasteiger partial charge in [-0.05, 0) is 56.5 Å². The van der Waals surface area contributed by atoms with E-state index in [-0.39, 0.29) is 17.7 Å². The predicted octanol–water partition coefficient (Wildman–Crippen LogP) is 3.78. The Labute approximate surface area is 198 Å². The summed E-state index contributed by atoms with van der Waals surface area (Å²) in [6, 6.07) is 7.88. The number of aromatic nitrogens is 3. The quantitative estimate of drug-likeness (QED) is 0.551. The zero-order valence-electron chi connectivity index (χ0n) is 19.8. The molecule has 2 aromatic heterocycles. The number of ether oxygens (including phenoxy) is 2. The molecule has 34 heavy (non-hydrogen) atoms. The Bertz CT molecular complexity index is 1320. The van der Waals surface area contributed by atoms with Gasteiger partial charge < -0.3 is 9.47 Å². The van der Waals surface area contributed by atoms with Crippen molar-refractivity contribution in [1.82, 2.24) is 19.7 Å². The molecule has 3 aromatic rings. The molecule has 0 radical (unpaired) electrons. The summed E-state index contributed by atoms with van der Waals surface area (Å²) in [5, 5.41) is 13.6. The Morgan fingerprint density at radius 1 is 1.26 bits per heavy atom. The van der Waals surface area contributed by atoms with E-state index >= 15 is 0 Å². The lowest BCUT2D eigenvalue weighted by Gasteiger charge is -2.43. The van der Waals surface area contributed by atoms with E-state index in [1.54, 1.807) is 10.9 Å². The minimum absolute atomic E-state index is 0.109. The van der Waals surface area contributed by atoms with Crippen LogP contribution in [0, 0.1) is 25.2 Å². The monoisotopic (exact) mass is 457 g/mol. The van der Waals surface area contributed by atoms with Crippen LogP contribution >= 0.6 is 0 Å². The van der Waals surface area contributed by atoms with Crippen molar-refractivity contribution in [1.29, 1.82) is 5.26 Å². The third-order valence-electron chi connectivity index (χ3n) is 6.54. The molecule has 8 heteroatoms. The van der Waals surface area contributed by atoms with Gasteiger partial charge >= 0.3 is 5.97 Å². The van der Waals surface area contributed by atoms with Crippen molar-refractivity contribution >= 4 is 5.97 Å². The fourth-order valence-corrected chi connectivity index (χ4v) is 4.90. The van der Waals surface area contributed by atoms with Crippen molar-refractivity contribution in [2.75, 3.05) is 13.1 Å². The number of hydrogen-bond acceptors (Lipinski definition) is 7. The van der Waals surface area contributed by atoms with Crippen LogP contribution in [0.1, 0.15) is 63.7 Å². The van der Waals surface area contributed by atoms with E-state index in [4.69, 9.17) is 14.7 Å². The summed E-state index contributed by atoms with van der Waals surface area (Å²) in [4.78, 5) is 18.7. The van der Waals surface area contributed by atoms with E-state index < -0.39 is 0 Å².